The molecule has 1 aromatic heterocycles. The molecular formula is C28H31N5O6. The summed E-state index contributed by atoms with van der Waals surface area (Å²) in [5.74, 6) is 2.33. The lowest BCUT2D eigenvalue weighted by Gasteiger charge is -2.19. The molecule has 0 spiro atoms. The Labute approximate surface area is 226 Å². The molecule has 4 N–H and O–H groups in total. The molecule has 0 bridgehead atoms. The number of hydrogen-bond donors (Lipinski definition) is 3. The van der Waals surface area contributed by atoms with Crippen LogP contribution in [0.3, 0.4) is 0 Å². The Hall–Kier alpha value is -4.35. The Bertz CT molecular complexity index is 1350. The summed E-state index contributed by atoms with van der Waals surface area (Å²) in [7, 11) is 1.63. The summed E-state index contributed by atoms with van der Waals surface area (Å²) in [6.07, 6.45) is -0.0928. The van der Waals surface area contributed by atoms with E-state index in [1.54, 1.807) is 19.2 Å². The average Bonchev–Trinajstić information content (AvgIpc) is 3.33. The molecule has 11 nitrogen and oxygen atoms in total. The summed E-state index contributed by atoms with van der Waals surface area (Å²) in [4.78, 5) is 29.9. The third kappa shape index (κ3) is 6.39. The fourth-order valence-electron chi connectivity index (χ4n) is 4.44. The maximum Gasteiger partial charge on any atom is 0.415 e. The van der Waals surface area contributed by atoms with E-state index in [0.29, 0.717) is 68.1 Å². The number of methoxy groups -OCH3 is 1. The standard InChI is InChI=1S/C28H31N5O6/c1-36-22-12-20(13-23(14-22)37-10-8-29)19-4-2-3-18(11-19)15-30-9-7-21-16-33(28(35)39-21)25-6-5-24-27(31-25)32-26(34)17-38-24/h2-6,11-14,21,30H,7-10,15-17,29H2,1H3,(H,31,32,34). The van der Waals surface area contributed by atoms with Crippen LogP contribution in [0.15, 0.2) is 54.6 Å². The number of nitrogens with zero attached hydrogens (tertiary/aromatic N) is 2. The van der Waals surface area contributed by atoms with Gasteiger partial charge in [-0.25, -0.2) is 9.78 Å². The minimum Gasteiger partial charge on any atom is -0.497 e. The van der Waals surface area contributed by atoms with Crippen molar-refractivity contribution in [1.29, 1.82) is 0 Å². The van der Waals surface area contributed by atoms with Crippen LogP contribution in [-0.4, -0.2) is 63.0 Å². The Morgan fingerprint density at radius 1 is 1.13 bits per heavy atom. The van der Waals surface area contributed by atoms with E-state index in [1.165, 1.54) is 4.90 Å². The van der Waals surface area contributed by atoms with Crippen LogP contribution >= 0.6 is 0 Å². The zero-order valence-corrected chi connectivity index (χ0v) is 21.6. The van der Waals surface area contributed by atoms with E-state index in [2.05, 4.69) is 27.8 Å². The second-order valence-electron chi connectivity index (χ2n) is 9.17. The number of rotatable bonds is 11. The number of pyridine rings is 1. The maximum absolute atomic E-state index is 12.5. The van der Waals surface area contributed by atoms with Crippen molar-refractivity contribution >= 4 is 23.6 Å². The molecule has 0 radical (unpaired) electrons. The molecule has 2 aliphatic heterocycles. The average molecular weight is 534 g/mol. The molecule has 3 aromatic rings. The van der Waals surface area contributed by atoms with Gasteiger partial charge in [0.15, 0.2) is 18.2 Å². The van der Waals surface area contributed by atoms with E-state index in [1.807, 2.05) is 30.3 Å². The number of carbonyl (C=O) groups excluding carboxylic acids is 2. The fraction of sp³-hybridized carbons (Fsp3) is 0.321. The zero-order valence-electron chi connectivity index (χ0n) is 21.6. The molecule has 0 aliphatic carbocycles. The van der Waals surface area contributed by atoms with Gasteiger partial charge >= 0.3 is 6.09 Å². The molecule has 5 rings (SSSR count). The van der Waals surface area contributed by atoms with Crippen LogP contribution in [0.1, 0.15) is 12.0 Å². The molecular weight excluding hydrogens is 502 g/mol. The Morgan fingerprint density at radius 2 is 2.00 bits per heavy atom. The second kappa shape index (κ2) is 12.0. The number of anilines is 2. The first-order valence-electron chi connectivity index (χ1n) is 12.8. The number of ether oxygens (including phenoxy) is 4. The van der Waals surface area contributed by atoms with Gasteiger partial charge in [0.05, 0.1) is 13.7 Å². The lowest BCUT2D eigenvalue weighted by atomic mass is 10.0. The highest BCUT2D eigenvalue weighted by atomic mass is 16.6. The summed E-state index contributed by atoms with van der Waals surface area (Å²) in [5, 5.41) is 6.09. The molecule has 204 valence electrons. The molecule has 1 fully saturated rings. The van der Waals surface area contributed by atoms with Gasteiger partial charge in [-0.15, -0.1) is 0 Å². The quantitative estimate of drug-likeness (QED) is 0.318. The summed E-state index contributed by atoms with van der Waals surface area (Å²) in [6, 6.07) is 17.4. The lowest BCUT2D eigenvalue weighted by Crippen LogP contribution is -2.29. The summed E-state index contributed by atoms with van der Waals surface area (Å²) in [6.45, 7) is 2.51. The van der Waals surface area contributed by atoms with Crippen LogP contribution in [0.2, 0.25) is 0 Å². The van der Waals surface area contributed by atoms with Crippen LogP contribution < -0.4 is 35.5 Å². The first kappa shape index (κ1) is 26.3. The topological polar surface area (TPSA) is 137 Å². The number of cyclic esters (lactones) is 1. The lowest BCUT2D eigenvalue weighted by molar-refractivity contribution is -0.118. The number of nitrogens with two attached hydrogens (primary N) is 1. The number of carbonyl (C=O) groups is 2. The van der Waals surface area contributed by atoms with Gasteiger partial charge in [0, 0.05) is 19.2 Å². The smallest absolute Gasteiger partial charge is 0.415 e. The van der Waals surface area contributed by atoms with Crippen molar-refractivity contribution in [1.82, 2.24) is 10.3 Å². The van der Waals surface area contributed by atoms with Crippen molar-refractivity contribution < 1.29 is 28.5 Å². The largest absolute Gasteiger partial charge is 0.497 e. The minimum absolute atomic E-state index is 0.0503. The normalized spacial score (nSPS) is 16.3. The van der Waals surface area contributed by atoms with E-state index in [4.69, 9.17) is 24.7 Å². The minimum atomic E-state index is -0.462. The van der Waals surface area contributed by atoms with Gasteiger partial charge in [-0.3, -0.25) is 9.69 Å². The molecule has 1 atom stereocenters. The maximum atomic E-state index is 12.5. The number of amides is 2. The molecule has 0 saturated carbocycles. The molecule has 2 aliphatic rings. The van der Waals surface area contributed by atoms with Crippen molar-refractivity contribution in [3.63, 3.8) is 0 Å². The van der Waals surface area contributed by atoms with E-state index in [0.717, 1.165) is 16.7 Å². The zero-order chi connectivity index (χ0) is 27.2. The molecule has 2 aromatic carbocycles. The summed E-state index contributed by atoms with van der Waals surface area (Å²) >= 11 is 0. The molecule has 1 unspecified atom stereocenters. The van der Waals surface area contributed by atoms with Crippen LogP contribution in [0.4, 0.5) is 16.4 Å². The molecule has 3 heterocycles. The number of nitrogens with one attached hydrogen (secondary N) is 2. The van der Waals surface area contributed by atoms with Gasteiger partial charge in [0.2, 0.25) is 0 Å². The van der Waals surface area contributed by atoms with Gasteiger partial charge < -0.3 is 35.3 Å². The molecule has 11 heteroatoms. The Balaban J connectivity index is 1.14. The molecule has 39 heavy (non-hydrogen) atoms. The van der Waals surface area contributed by atoms with Crippen LogP contribution in [0.5, 0.6) is 17.2 Å². The van der Waals surface area contributed by atoms with Gasteiger partial charge in [-0.1, -0.05) is 18.2 Å². The monoisotopic (exact) mass is 533 g/mol. The number of hydrogen-bond acceptors (Lipinski definition) is 9. The number of aromatic nitrogens is 1. The molecule has 1 saturated heterocycles. The van der Waals surface area contributed by atoms with E-state index >= 15 is 0 Å². The van der Waals surface area contributed by atoms with Gasteiger partial charge in [0.1, 0.15) is 30.0 Å². The fourth-order valence-corrected chi connectivity index (χ4v) is 4.44. The summed E-state index contributed by atoms with van der Waals surface area (Å²) < 4.78 is 22.0. The highest BCUT2D eigenvalue weighted by molar-refractivity contribution is 5.95. The van der Waals surface area contributed by atoms with Gasteiger partial charge in [-0.2, -0.15) is 0 Å². The first-order chi connectivity index (χ1) is 19.0. The van der Waals surface area contributed by atoms with Crippen molar-refractivity contribution in [2.24, 2.45) is 5.73 Å². The third-order valence-electron chi connectivity index (χ3n) is 6.35. The van der Waals surface area contributed by atoms with Crippen molar-refractivity contribution in [2.75, 3.05) is 50.2 Å². The Kier molecular flexibility index (Phi) is 8.09. The predicted molar refractivity (Wildman–Crippen MR) is 145 cm³/mol. The number of fused-ring (bicyclic) bond motifs is 1. The van der Waals surface area contributed by atoms with E-state index in [9.17, 15) is 9.59 Å². The SMILES string of the molecule is COc1cc(OCCN)cc(-c2cccc(CNCCC3CN(c4ccc5c(n4)NC(=O)CO5)C(=O)O3)c2)c1. The van der Waals surface area contributed by atoms with E-state index < -0.39 is 6.09 Å². The van der Waals surface area contributed by atoms with Crippen LogP contribution in [-0.2, 0) is 16.1 Å². The van der Waals surface area contributed by atoms with Crippen molar-refractivity contribution in [2.45, 2.75) is 19.1 Å². The number of benzene rings is 2. The van der Waals surface area contributed by atoms with Crippen molar-refractivity contribution in [3.8, 4) is 28.4 Å². The first-order valence-corrected chi connectivity index (χ1v) is 12.8. The van der Waals surface area contributed by atoms with E-state index in [-0.39, 0.29) is 18.6 Å². The highest BCUT2D eigenvalue weighted by Gasteiger charge is 2.33. The van der Waals surface area contributed by atoms with Crippen LogP contribution in [0, 0.1) is 0 Å². The van der Waals surface area contributed by atoms with Crippen molar-refractivity contribution in [3.05, 3.63) is 60.2 Å². The highest BCUT2D eigenvalue weighted by Crippen LogP contribution is 2.31. The molecule has 2 amide bonds. The predicted octanol–water partition coefficient (Wildman–Crippen LogP) is 2.93. The van der Waals surface area contributed by atoms with Gasteiger partial charge in [-0.05, 0) is 60.0 Å². The third-order valence-corrected chi connectivity index (χ3v) is 6.35. The Morgan fingerprint density at radius 3 is 2.85 bits per heavy atom. The second-order valence-corrected chi connectivity index (χ2v) is 9.17. The summed E-state index contributed by atoms with van der Waals surface area (Å²) in [5.41, 5.74) is 8.72. The van der Waals surface area contributed by atoms with Crippen LogP contribution in [0.25, 0.3) is 11.1 Å². The van der Waals surface area contributed by atoms with Gasteiger partial charge in [0.25, 0.3) is 5.91 Å².